The predicted octanol–water partition coefficient (Wildman–Crippen LogP) is 3.57. The smallest absolute Gasteiger partial charge is 0.144 e. The molecule has 0 aliphatic heterocycles. The molecule has 3 aromatic rings. The highest BCUT2D eigenvalue weighted by Crippen LogP contribution is 2.17. The van der Waals surface area contributed by atoms with E-state index >= 15 is 0 Å². The third kappa shape index (κ3) is 4.41. The van der Waals surface area contributed by atoms with Crippen molar-refractivity contribution in [3.63, 3.8) is 0 Å². The molecule has 3 N–H and O–H groups in total. The standard InChI is InChI=1S/C20H22N4/c21-23-20-19(12-7-13-22-20)16-24(14-17-8-3-1-4-9-17)15-18-10-5-2-6-11-18/h1-13H,14-16,21H2,(H,22,23). The van der Waals surface area contributed by atoms with Crippen LogP contribution in [-0.4, -0.2) is 9.88 Å². The maximum atomic E-state index is 5.60. The summed E-state index contributed by atoms with van der Waals surface area (Å²) in [7, 11) is 0. The lowest BCUT2D eigenvalue weighted by Crippen LogP contribution is -2.24. The first kappa shape index (κ1) is 16.2. The van der Waals surface area contributed by atoms with Crippen molar-refractivity contribution in [1.29, 1.82) is 0 Å². The van der Waals surface area contributed by atoms with Gasteiger partial charge in [-0.05, 0) is 17.2 Å². The summed E-state index contributed by atoms with van der Waals surface area (Å²) < 4.78 is 0. The number of hydrogen-bond acceptors (Lipinski definition) is 4. The zero-order valence-electron chi connectivity index (χ0n) is 13.6. The van der Waals surface area contributed by atoms with Gasteiger partial charge in [-0.2, -0.15) is 0 Å². The lowest BCUT2D eigenvalue weighted by molar-refractivity contribution is 0.248. The SMILES string of the molecule is NNc1ncccc1CN(Cc1ccccc1)Cc1ccccc1. The van der Waals surface area contributed by atoms with Gasteiger partial charge in [0.05, 0.1) is 0 Å². The molecule has 0 saturated carbocycles. The predicted molar refractivity (Wildman–Crippen MR) is 97.9 cm³/mol. The molecule has 4 heteroatoms. The largest absolute Gasteiger partial charge is 0.308 e. The number of anilines is 1. The molecule has 24 heavy (non-hydrogen) atoms. The molecule has 0 saturated heterocycles. The fourth-order valence-electron chi connectivity index (χ4n) is 2.79. The quantitative estimate of drug-likeness (QED) is 0.516. The molecule has 1 heterocycles. The van der Waals surface area contributed by atoms with Gasteiger partial charge in [0, 0.05) is 31.4 Å². The minimum atomic E-state index is 0.726. The van der Waals surface area contributed by atoms with E-state index in [2.05, 4.69) is 69.9 Å². The number of nitrogens with two attached hydrogens (primary N) is 1. The molecule has 1 aromatic heterocycles. The monoisotopic (exact) mass is 318 g/mol. The van der Waals surface area contributed by atoms with E-state index in [-0.39, 0.29) is 0 Å². The average molecular weight is 318 g/mol. The van der Waals surface area contributed by atoms with Crippen molar-refractivity contribution in [2.24, 2.45) is 5.84 Å². The van der Waals surface area contributed by atoms with Crippen molar-refractivity contribution in [3.05, 3.63) is 95.7 Å². The van der Waals surface area contributed by atoms with Crippen LogP contribution in [0.1, 0.15) is 16.7 Å². The van der Waals surface area contributed by atoms with Crippen LogP contribution in [0.3, 0.4) is 0 Å². The van der Waals surface area contributed by atoms with Crippen molar-refractivity contribution in [1.82, 2.24) is 9.88 Å². The summed E-state index contributed by atoms with van der Waals surface area (Å²) in [5.74, 6) is 6.33. The molecule has 2 aromatic carbocycles. The van der Waals surface area contributed by atoms with E-state index in [0.717, 1.165) is 31.0 Å². The number of rotatable bonds is 7. The molecule has 0 bridgehead atoms. The molecule has 0 spiro atoms. The maximum Gasteiger partial charge on any atom is 0.144 e. The molecular formula is C20H22N4. The van der Waals surface area contributed by atoms with Gasteiger partial charge in [0.2, 0.25) is 0 Å². The van der Waals surface area contributed by atoms with E-state index in [1.165, 1.54) is 11.1 Å². The highest BCUT2D eigenvalue weighted by atomic mass is 15.3. The first-order valence-corrected chi connectivity index (χ1v) is 8.06. The van der Waals surface area contributed by atoms with E-state index in [9.17, 15) is 0 Å². The average Bonchev–Trinajstić information content (AvgIpc) is 2.64. The van der Waals surface area contributed by atoms with E-state index < -0.39 is 0 Å². The Kier molecular flexibility index (Phi) is 5.56. The van der Waals surface area contributed by atoms with E-state index in [1.807, 2.05) is 18.2 Å². The van der Waals surface area contributed by atoms with Crippen molar-refractivity contribution in [3.8, 4) is 0 Å². The number of nitrogens with one attached hydrogen (secondary N) is 1. The van der Waals surface area contributed by atoms with Gasteiger partial charge in [-0.25, -0.2) is 10.8 Å². The molecule has 0 aliphatic carbocycles. The Balaban J connectivity index is 1.81. The highest BCUT2D eigenvalue weighted by molar-refractivity contribution is 5.42. The Labute approximate surface area is 142 Å². The minimum absolute atomic E-state index is 0.726. The summed E-state index contributed by atoms with van der Waals surface area (Å²) in [5.41, 5.74) is 6.36. The summed E-state index contributed by atoms with van der Waals surface area (Å²) in [6.45, 7) is 2.51. The number of aromatic nitrogens is 1. The van der Waals surface area contributed by atoms with Crippen LogP contribution in [0.5, 0.6) is 0 Å². The lowest BCUT2D eigenvalue weighted by Gasteiger charge is -2.23. The Hall–Kier alpha value is -2.69. The highest BCUT2D eigenvalue weighted by Gasteiger charge is 2.11. The van der Waals surface area contributed by atoms with Crippen molar-refractivity contribution < 1.29 is 0 Å². The Bertz CT molecular complexity index is 702. The summed E-state index contributed by atoms with van der Waals surface area (Å²) >= 11 is 0. The first-order chi connectivity index (χ1) is 11.8. The van der Waals surface area contributed by atoms with Gasteiger partial charge >= 0.3 is 0 Å². The van der Waals surface area contributed by atoms with Crippen LogP contribution in [0.25, 0.3) is 0 Å². The Morgan fingerprint density at radius 2 is 1.33 bits per heavy atom. The van der Waals surface area contributed by atoms with Gasteiger partial charge in [-0.1, -0.05) is 66.7 Å². The summed E-state index contributed by atoms with van der Waals surface area (Å²) in [6.07, 6.45) is 1.75. The van der Waals surface area contributed by atoms with Crippen LogP contribution >= 0.6 is 0 Å². The topological polar surface area (TPSA) is 54.2 Å². The van der Waals surface area contributed by atoms with Crippen LogP contribution in [0.4, 0.5) is 5.82 Å². The second kappa shape index (κ2) is 8.24. The third-order valence-corrected chi connectivity index (χ3v) is 3.92. The van der Waals surface area contributed by atoms with Gasteiger partial charge in [-0.3, -0.25) is 4.90 Å². The van der Waals surface area contributed by atoms with Crippen LogP contribution in [0.15, 0.2) is 79.0 Å². The number of hydrazine groups is 1. The maximum absolute atomic E-state index is 5.60. The van der Waals surface area contributed by atoms with Crippen LogP contribution in [0, 0.1) is 0 Å². The number of nitrogens with zero attached hydrogens (tertiary/aromatic N) is 2. The second-order valence-corrected chi connectivity index (χ2v) is 5.77. The molecule has 4 nitrogen and oxygen atoms in total. The lowest BCUT2D eigenvalue weighted by atomic mass is 10.1. The number of pyridine rings is 1. The van der Waals surface area contributed by atoms with Crippen LogP contribution < -0.4 is 11.3 Å². The van der Waals surface area contributed by atoms with E-state index in [0.29, 0.717) is 0 Å². The molecule has 3 rings (SSSR count). The zero-order valence-corrected chi connectivity index (χ0v) is 13.6. The van der Waals surface area contributed by atoms with Crippen LogP contribution in [-0.2, 0) is 19.6 Å². The Morgan fingerprint density at radius 3 is 1.88 bits per heavy atom. The number of hydrogen-bond donors (Lipinski definition) is 2. The third-order valence-electron chi connectivity index (χ3n) is 3.92. The minimum Gasteiger partial charge on any atom is -0.308 e. The molecule has 0 amide bonds. The summed E-state index contributed by atoms with van der Waals surface area (Å²) in [4.78, 5) is 6.69. The molecule has 0 atom stereocenters. The van der Waals surface area contributed by atoms with E-state index in [1.54, 1.807) is 6.20 Å². The van der Waals surface area contributed by atoms with E-state index in [4.69, 9.17) is 5.84 Å². The molecule has 0 aliphatic rings. The van der Waals surface area contributed by atoms with Crippen LogP contribution in [0.2, 0.25) is 0 Å². The van der Waals surface area contributed by atoms with Crippen molar-refractivity contribution in [2.75, 3.05) is 5.43 Å². The molecular weight excluding hydrogens is 296 g/mol. The fraction of sp³-hybridized carbons (Fsp3) is 0.150. The zero-order chi connectivity index (χ0) is 16.6. The molecule has 0 fully saturated rings. The fourth-order valence-corrected chi connectivity index (χ4v) is 2.79. The second-order valence-electron chi connectivity index (χ2n) is 5.77. The summed E-state index contributed by atoms with van der Waals surface area (Å²) in [6, 6.07) is 25.0. The Morgan fingerprint density at radius 1 is 0.750 bits per heavy atom. The molecule has 0 radical (unpaired) electrons. The molecule has 0 unspecified atom stereocenters. The van der Waals surface area contributed by atoms with Gasteiger partial charge in [0.15, 0.2) is 0 Å². The van der Waals surface area contributed by atoms with Crippen molar-refractivity contribution >= 4 is 5.82 Å². The number of benzene rings is 2. The summed E-state index contributed by atoms with van der Waals surface area (Å²) in [5, 5.41) is 0. The van der Waals surface area contributed by atoms with Crippen molar-refractivity contribution in [2.45, 2.75) is 19.6 Å². The molecule has 122 valence electrons. The number of nitrogen functional groups attached to an aromatic ring is 1. The van der Waals surface area contributed by atoms with Gasteiger partial charge in [0.25, 0.3) is 0 Å². The van der Waals surface area contributed by atoms with Gasteiger partial charge in [-0.15, -0.1) is 0 Å². The normalized spacial score (nSPS) is 10.8. The first-order valence-electron chi connectivity index (χ1n) is 8.06. The van der Waals surface area contributed by atoms with Gasteiger partial charge in [0.1, 0.15) is 5.82 Å². The van der Waals surface area contributed by atoms with Gasteiger partial charge < -0.3 is 5.43 Å².